The van der Waals surface area contributed by atoms with Crippen molar-refractivity contribution in [2.24, 2.45) is 11.3 Å². The van der Waals surface area contributed by atoms with E-state index in [1.165, 1.54) is 17.7 Å². The van der Waals surface area contributed by atoms with Crippen LogP contribution in [0.5, 0.6) is 0 Å². The molecular weight excluding hydrogens is 228 g/mol. The van der Waals surface area contributed by atoms with Crippen LogP contribution in [0.2, 0.25) is 0 Å². The molecule has 102 valence electrons. The first-order valence-electron chi connectivity index (χ1n) is 7.04. The molecule has 0 aromatic rings. The summed E-state index contributed by atoms with van der Waals surface area (Å²) < 4.78 is 0. The predicted molar refractivity (Wildman–Crippen MR) is 69.9 cm³/mol. The molecule has 4 heteroatoms. The van der Waals surface area contributed by atoms with Crippen LogP contribution in [0, 0.1) is 11.3 Å². The number of amides is 2. The van der Waals surface area contributed by atoms with Crippen molar-refractivity contribution in [2.75, 3.05) is 13.1 Å². The Labute approximate surface area is 109 Å². The molecule has 2 heterocycles. The fourth-order valence-corrected chi connectivity index (χ4v) is 3.13. The number of piperidine rings is 1. The Hall–Kier alpha value is -0.900. The second-order valence-corrected chi connectivity index (χ2v) is 6.24. The number of nitrogens with one attached hydrogen (secondary N) is 1. The van der Waals surface area contributed by atoms with E-state index < -0.39 is 5.41 Å². The Kier molecular flexibility index (Phi) is 3.76. The molecule has 2 unspecified atom stereocenters. The van der Waals surface area contributed by atoms with Crippen molar-refractivity contribution < 1.29 is 9.59 Å². The van der Waals surface area contributed by atoms with Crippen LogP contribution in [0.3, 0.4) is 0 Å². The summed E-state index contributed by atoms with van der Waals surface area (Å²) in [5.74, 6) is 0.574. The minimum atomic E-state index is -0.506. The standard InChI is InChI=1S/C14H24N2O2/c1-4-10-6-5-7-15-11(10)9-16-12(17)8-14(2,3)13(16)18/h10-11,15H,4-9H2,1-3H3. The molecule has 2 amide bonds. The second-order valence-electron chi connectivity index (χ2n) is 6.24. The summed E-state index contributed by atoms with van der Waals surface area (Å²) in [5, 5.41) is 3.47. The molecule has 2 aliphatic rings. The lowest BCUT2D eigenvalue weighted by atomic mass is 9.88. The van der Waals surface area contributed by atoms with Crippen molar-refractivity contribution in [1.82, 2.24) is 10.2 Å². The number of hydrogen-bond donors (Lipinski definition) is 1. The van der Waals surface area contributed by atoms with Crippen LogP contribution in [-0.2, 0) is 9.59 Å². The fraction of sp³-hybridized carbons (Fsp3) is 0.857. The smallest absolute Gasteiger partial charge is 0.235 e. The van der Waals surface area contributed by atoms with Crippen LogP contribution in [0.4, 0.5) is 0 Å². The van der Waals surface area contributed by atoms with E-state index in [0.29, 0.717) is 18.9 Å². The molecule has 2 atom stereocenters. The van der Waals surface area contributed by atoms with E-state index in [1.54, 1.807) is 0 Å². The Balaban J connectivity index is 2.04. The molecule has 18 heavy (non-hydrogen) atoms. The molecule has 2 fully saturated rings. The number of likely N-dealkylation sites (tertiary alicyclic amines) is 1. The minimum Gasteiger partial charge on any atom is -0.312 e. The van der Waals surface area contributed by atoms with Crippen LogP contribution in [0.25, 0.3) is 0 Å². The molecule has 0 aliphatic carbocycles. The van der Waals surface area contributed by atoms with Gasteiger partial charge < -0.3 is 5.32 Å². The zero-order valence-corrected chi connectivity index (χ0v) is 11.7. The summed E-state index contributed by atoms with van der Waals surface area (Å²) in [6, 6.07) is 0.283. The van der Waals surface area contributed by atoms with Gasteiger partial charge in [0, 0.05) is 19.0 Å². The molecule has 2 aliphatic heterocycles. The lowest BCUT2D eigenvalue weighted by molar-refractivity contribution is -0.141. The van der Waals surface area contributed by atoms with E-state index in [1.807, 2.05) is 13.8 Å². The highest BCUT2D eigenvalue weighted by atomic mass is 16.2. The summed E-state index contributed by atoms with van der Waals surface area (Å²) in [5.41, 5.74) is -0.506. The molecule has 0 spiro atoms. The van der Waals surface area contributed by atoms with Gasteiger partial charge in [0.1, 0.15) is 0 Å². The van der Waals surface area contributed by atoms with Crippen LogP contribution in [0.1, 0.15) is 46.5 Å². The van der Waals surface area contributed by atoms with Gasteiger partial charge in [0.2, 0.25) is 11.8 Å². The SMILES string of the molecule is CCC1CCCNC1CN1C(=O)CC(C)(C)C1=O. The Bertz CT molecular complexity index is 352. The van der Waals surface area contributed by atoms with Gasteiger partial charge in [0.05, 0.1) is 5.41 Å². The topological polar surface area (TPSA) is 49.4 Å². The van der Waals surface area contributed by atoms with Gasteiger partial charge in [-0.3, -0.25) is 14.5 Å². The molecule has 0 aromatic carbocycles. The number of carbonyl (C=O) groups is 2. The minimum absolute atomic E-state index is 0.00488. The maximum atomic E-state index is 12.2. The summed E-state index contributed by atoms with van der Waals surface area (Å²) in [7, 11) is 0. The number of hydrogen-bond acceptors (Lipinski definition) is 3. The van der Waals surface area contributed by atoms with Crippen molar-refractivity contribution >= 4 is 11.8 Å². The third-order valence-electron chi connectivity index (χ3n) is 4.35. The van der Waals surface area contributed by atoms with E-state index in [4.69, 9.17) is 0 Å². The van der Waals surface area contributed by atoms with Gasteiger partial charge in [0.25, 0.3) is 0 Å². The van der Waals surface area contributed by atoms with Crippen molar-refractivity contribution in [3.8, 4) is 0 Å². The molecule has 4 nitrogen and oxygen atoms in total. The predicted octanol–water partition coefficient (Wildman–Crippen LogP) is 1.55. The highest BCUT2D eigenvalue weighted by molar-refractivity contribution is 6.05. The van der Waals surface area contributed by atoms with Gasteiger partial charge in [-0.2, -0.15) is 0 Å². The van der Waals surface area contributed by atoms with E-state index in [-0.39, 0.29) is 17.9 Å². The van der Waals surface area contributed by atoms with Crippen LogP contribution in [-0.4, -0.2) is 35.8 Å². The quantitative estimate of drug-likeness (QED) is 0.775. The largest absolute Gasteiger partial charge is 0.312 e. The monoisotopic (exact) mass is 252 g/mol. The average Bonchev–Trinajstić information content (AvgIpc) is 2.52. The lowest BCUT2D eigenvalue weighted by Crippen LogP contribution is -2.50. The Morgan fingerprint density at radius 2 is 2.11 bits per heavy atom. The maximum absolute atomic E-state index is 12.2. The van der Waals surface area contributed by atoms with E-state index >= 15 is 0 Å². The first kappa shape index (κ1) is 13.5. The maximum Gasteiger partial charge on any atom is 0.235 e. The highest BCUT2D eigenvalue weighted by Crippen LogP contribution is 2.32. The van der Waals surface area contributed by atoms with E-state index in [9.17, 15) is 9.59 Å². The zero-order valence-electron chi connectivity index (χ0n) is 11.7. The lowest BCUT2D eigenvalue weighted by Gasteiger charge is -2.34. The fourth-order valence-electron chi connectivity index (χ4n) is 3.13. The van der Waals surface area contributed by atoms with Crippen molar-refractivity contribution in [3.63, 3.8) is 0 Å². The Morgan fingerprint density at radius 3 is 2.67 bits per heavy atom. The van der Waals surface area contributed by atoms with Crippen molar-refractivity contribution in [2.45, 2.75) is 52.5 Å². The second kappa shape index (κ2) is 5.00. The zero-order chi connectivity index (χ0) is 13.3. The third-order valence-corrected chi connectivity index (χ3v) is 4.35. The molecule has 2 rings (SSSR count). The third kappa shape index (κ3) is 2.44. The summed E-state index contributed by atoms with van der Waals surface area (Å²) in [6.07, 6.45) is 3.86. The first-order valence-corrected chi connectivity index (χ1v) is 7.04. The van der Waals surface area contributed by atoms with Gasteiger partial charge in [-0.15, -0.1) is 0 Å². The number of rotatable bonds is 3. The van der Waals surface area contributed by atoms with Crippen LogP contribution >= 0.6 is 0 Å². The van der Waals surface area contributed by atoms with Gasteiger partial charge in [-0.25, -0.2) is 0 Å². The molecule has 0 saturated carbocycles. The summed E-state index contributed by atoms with van der Waals surface area (Å²) >= 11 is 0. The van der Waals surface area contributed by atoms with E-state index in [0.717, 1.165) is 13.0 Å². The molecule has 0 radical (unpaired) electrons. The van der Waals surface area contributed by atoms with Crippen LogP contribution in [0.15, 0.2) is 0 Å². The van der Waals surface area contributed by atoms with Gasteiger partial charge in [-0.05, 0) is 25.3 Å². The molecule has 0 aromatic heterocycles. The molecule has 1 N–H and O–H groups in total. The molecule has 2 saturated heterocycles. The Morgan fingerprint density at radius 1 is 1.39 bits per heavy atom. The van der Waals surface area contributed by atoms with Gasteiger partial charge >= 0.3 is 0 Å². The van der Waals surface area contributed by atoms with Crippen molar-refractivity contribution in [1.29, 1.82) is 0 Å². The van der Waals surface area contributed by atoms with Gasteiger partial charge in [-0.1, -0.05) is 27.2 Å². The van der Waals surface area contributed by atoms with Crippen LogP contribution < -0.4 is 5.32 Å². The molecule has 0 bridgehead atoms. The summed E-state index contributed by atoms with van der Waals surface area (Å²) in [4.78, 5) is 25.6. The number of carbonyl (C=O) groups excluding carboxylic acids is 2. The number of imide groups is 1. The number of nitrogens with zero attached hydrogens (tertiary/aromatic N) is 1. The normalized spacial score (nSPS) is 32.1. The summed E-state index contributed by atoms with van der Waals surface area (Å²) in [6.45, 7) is 7.46. The van der Waals surface area contributed by atoms with E-state index in [2.05, 4.69) is 12.2 Å². The molecular formula is C14H24N2O2. The van der Waals surface area contributed by atoms with Gasteiger partial charge in [0.15, 0.2) is 0 Å². The van der Waals surface area contributed by atoms with Crippen molar-refractivity contribution in [3.05, 3.63) is 0 Å². The average molecular weight is 252 g/mol. The first-order chi connectivity index (χ1) is 8.45. The highest BCUT2D eigenvalue weighted by Gasteiger charge is 2.45.